The molecule has 2 aromatic heterocycles. The van der Waals surface area contributed by atoms with Gasteiger partial charge in [0.2, 0.25) is 0 Å². The fraction of sp³-hybridized carbons (Fsp3) is 0.500. The zero-order valence-electron chi connectivity index (χ0n) is 25.0. The monoisotopic (exact) mass is 477 g/mol. The van der Waals surface area contributed by atoms with Crippen LogP contribution in [0.3, 0.4) is 0 Å². The van der Waals surface area contributed by atoms with Crippen LogP contribution in [0.5, 0.6) is 11.8 Å². The molecule has 9 heteroatoms. The quantitative estimate of drug-likeness (QED) is 0.483. The highest BCUT2D eigenvalue weighted by molar-refractivity contribution is 6.30. The Morgan fingerprint density at radius 1 is 1.24 bits per heavy atom. The molecule has 0 spiro atoms. The average Bonchev–Trinajstić information content (AvgIpc) is 3.34. The van der Waals surface area contributed by atoms with E-state index in [0.29, 0.717) is 11.1 Å². The molecule has 0 radical (unpaired) electrons. The van der Waals surface area contributed by atoms with Crippen LogP contribution in [0.1, 0.15) is 53.7 Å². The van der Waals surface area contributed by atoms with Crippen LogP contribution in [-0.4, -0.2) is 37.8 Å². The molecule has 7 nitrogen and oxygen atoms in total. The van der Waals surface area contributed by atoms with Crippen LogP contribution in [0.2, 0.25) is 5.02 Å². The van der Waals surface area contributed by atoms with Crippen molar-refractivity contribution in [3.63, 3.8) is 0 Å². The van der Waals surface area contributed by atoms with E-state index in [0.717, 1.165) is 49.6 Å². The second-order valence-corrected chi connectivity index (χ2v) is 9.04. The predicted molar refractivity (Wildman–Crippen MR) is 124 cm³/mol. The third-order valence-electron chi connectivity index (χ3n) is 6.49. The number of fused-ring (bicyclic) bond motifs is 2. The molecule has 3 atom stereocenters. The van der Waals surface area contributed by atoms with Crippen LogP contribution in [0.25, 0.3) is 0 Å². The van der Waals surface area contributed by atoms with E-state index in [1.807, 2.05) is 13.0 Å². The molecule has 1 saturated heterocycles. The van der Waals surface area contributed by atoms with Gasteiger partial charge in [0.15, 0.2) is 5.82 Å². The fourth-order valence-electron chi connectivity index (χ4n) is 4.96. The van der Waals surface area contributed by atoms with Gasteiger partial charge in [-0.2, -0.15) is 10.1 Å². The van der Waals surface area contributed by atoms with Crippen molar-refractivity contribution in [3.8, 4) is 11.8 Å². The minimum atomic E-state index is -3.32. The predicted octanol–water partition coefficient (Wildman–Crippen LogP) is 5.25. The molecule has 0 amide bonds. The number of rotatable bonds is 6. The lowest BCUT2D eigenvalue weighted by Gasteiger charge is -2.38. The molecule has 33 heavy (non-hydrogen) atoms. The van der Waals surface area contributed by atoms with E-state index in [2.05, 4.69) is 25.0 Å². The third kappa shape index (κ3) is 4.53. The van der Waals surface area contributed by atoms with Crippen LogP contribution in [0, 0.1) is 30.5 Å². The van der Waals surface area contributed by atoms with Crippen LogP contribution >= 0.6 is 11.6 Å². The number of hydrogen-bond donors (Lipinski definition) is 0. The number of aryl methyl sites for hydroxylation is 1. The van der Waals surface area contributed by atoms with Gasteiger partial charge < -0.3 is 9.64 Å². The topological polar surface area (TPSA) is 69.0 Å². The van der Waals surface area contributed by atoms with E-state index in [4.69, 9.17) is 25.9 Å². The molecule has 2 fully saturated rings. The second-order valence-electron chi connectivity index (χ2n) is 8.64. The largest absolute Gasteiger partial charge is 0.424 e. The van der Waals surface area contributed by atoms with E-state index in [9.17, 15) is 4.39 Å². The molecule has 3 aromatic rings. The van der Waals surface area contributed by atoms with Crippen LogP contribution in [-0.2, 0) is 6.42 Å². The molecule has 1 aliphatic carbocycles. The number of piperidine rings is 1. The molecule has 1 aliphatic heterocycles. The molecule has 3 heterocycles. The number of benzene rings is 1. The van der Waals surface area contributed by atoms with Crippen molar-refractivity contribution in [1.82, 2.24) is 24.7 Å². The molecule has 2 bridgehead atoms. The van der Waals surface area contributed by atoms with Gasteiger partial charge >= 0.3 is 6.01 Å². The maximum atomic E-state index is 13.7. The SMILES string of the molecule is [2H]C([2H])([2H])C([2H])(n1nc(CC2[C@@H]3CC[C@H]2CN(c2cc(C)ncn2)C3)nc1Oc1ccc(F)c(Cl)c1)C([2H])([2H])[2H]. The normalized spacial score (nSPS) is 26.5. The molecule has 174 valence electrons. The third-order valence-corrected chi connectivity index (χ3v) is 6.78. The summed E-state index contributed by atoms with van der Waals surface area (Å²) in [5, 5.41) is 4.01. The molecule has 1 unspecified atom stereocenters. The second kappa shape index (κ2) is 8.89. The molecule has 1 saturated carbocycles. The highest BCUT2D eigenvalue weighted by Gasteiger charge is 2.43. The Morgan fingerprint density at radius 2 is 2.03 bits per heavy atom. The summed E-state index contributed by atoms with van der Waals surface area (Å²) in [5.41, 5.74) is 0.881. The fourth-order valence-corrected chi connectivity index (χ4v) is 5.13. The molecule has 0 N–H and O–H groups in total. The first kappa shape index (κ1) is 15.2. The average molecular weight is 478 g/mol. The molecule has 1 aromatic carbocycles. The van der Waals surface area contributed by atoms with Gasteiger partial charge in [0.1, 0.15) is 23.7 Å². The van der Waals surface area contributed by atoms with Gasteiger partial charge in [0.05, 0.1) is 12.4 Å². The molecular weight excluding hydrogens is 443 g/mol. The van der Waals surface area contributed by atoms with Gasteiger partial charge in [0, 0.05) is 45.6 Å². The van der Waals surface area contributed by atoms with Gasteiger partial charge in [-0.15, -0.1) is 0 Å². The summed E-state index contributed by atoms with van der Waals surface area (Å²) in [6.45, 7) is -3.19. The van der Waals surface area contributed by atoms with Gasteiger partial charge in [-0.1, -0.05) is 11.6 Å². The Bertz CT molecular complexity index is 1370. The van der Waals surface area contributed by atoms with Crippen LogP contribution in [0.4, 0.5) is 10.2 Å². The van der Waals surface area contributed by atoms with Crippen molar-refractivity contribution in [3.05, 3.63) is 53.0 Å². The van der Waals surface area contributed by atoms with Crippen LogP contribution < -0.4 is 9.64 Å². The lowest BCUT2D eigenvalue weighted by molar-refractivity contribution is 0.264. The van der Waals surface area contributed by atoms with Gasteiger partial charge in [-0.05, 0) is 63.4 Å². The molecular formula is C24H28ClFN6O. The first-order valence-electron chi connectivity index (χ1n) is 14.3. The maximum Gasteiger partial charge on any atom is 0.320 e. The van der Waals surface area contributed by atoms with Crippen molar-refractivity contribution in [2.24, 2.45) is 17.8 Å². The first-order chi connectivity index (χ1) is 18.7. The van der Waals surface area contributed by atoms with E-state index in [1.54, 1.807) is 6.33 Å². The van der Waals surface area contributed by atoms with Crippen LogP contribution in [0.15, 0.2) is 30.6 Å². The van der Waals surface area contributed by atoms with E-state index >= 15 is 0 Å². The number of ether oxygens (including phenoxy) is 1. The van der Waals surface area contributed by atoms with Crippen molar-refractivity contribution in [2.75, 3.05) is 18.0 Å². The summed E-state index contributed by atoms with van der Waals surface area (Å²) in [4.78, 5) is 15.2. The van der Waals surface area contributed by atoms with E-state index in [1.165, 1.54) is 6.07 Å². The van der Waals surface area contributed by atoms with Crippen molar-refractivity contribution in [1.29, 1.82) is 0 Å². The highest BCUT2D eigenvalue weighted by Crippen LogP contribution is 2.44. The Balaban J connectivity index is 1.47. The number of aromatic nitrogens is 5. The zero-order chi connectivity index (χ0) is 29.0. The first-order valence-corrected chi connectivity index (χ1v) is 11.2. The Morgan fingerprint density at radius 3 is 2.73 bits per heavy atom. The van der Waals surface area contributed by atoms with Gasteiger partial charge in [-0.3, -0.25) is 0 Å². The standard InChI is InChI=1S/C24H28ClFN6O/c1-14(2)32-24(33-18-6-7-21(26)20(25)9-18)29-22(30-32)10-19-16-4-5-17(19)12-31(11-16)23-8-15(3)27-13-28-23/h6-9,13-14,16-17,19H,4-5,10-12H2,1-3H3/t16-,17+,19?/i1D3,2D3,14D. The maximum absolute atomic E-state index is 13.7. The van der Waals surface area contributed by atoms with E-state index in [-0.39, 0.29) is 34.4 Å². The lowest BCUT2D eigenvalue weighted by Crippen LogP contribution is -2.43. The number of nitrogens with zero attached hydrogens (tertiary/aromatic N) is 6. The number of hydrogen-bond acceptors (Lipinski definition) is 6. The van der Waals surface area contributed by atoms with Crippen molar-refractivity contribution in [2.45, 2.75) is 45.9 Å². The number of anilines is 1. The smallest absolute Gasteiger partial charge is 0.320 e. The summed E-state index contributed by atoms with van der Waals surface area (Å²) in [5.74, 6) is 1.05. The van der Waals surface area contributed by atoms with Gasteiger partial charge in [-0.25, -0.2) is 19.0 Å². The van der Waals surface area contributed by atoms with Crippen molar-refractivity contribution < 1.29 is 18.7 Å². The molecule has 5 rings (SSSR count). The zero-order valence-corrected chi connectivity index (χ0v) is 18.8. The van der Waals surface area contributed by atoms with Crippen molar-refractivity contribution >= 4 is 17.4 Å². The summed E-state index contributed by atoms with van der Waals surface area (Å²) >= 11 is 5.87. The Kier molecular flexibility index (Phi) is 4.10. The lowest BCUT2D eigenvalue weighted by atomic mass is 9.82. The minimum absolute atomic E-state index is 0.0152. The van der Waals surface area contributed by atoms with E-state index < -0.39 is 31.5 Å². The Labute approximate surface area is 207 Å². The summed E-state index contributed by atoms with van der Waals surface area (Å²) < 4.78 is 76.2. The Hall–Kier alpha value is -2.74. The molecule has 2 aliphatic rings. The van der Waals surface area contributed by atoms with Gasteiger partial charge in [0.25, 0.3) is 0 Å². The summed E-state index contributed by atoms with van der Waals surface area (Å²) in [7, 11) is 0. The minimum Gasteiger partial charge on any atom is -0.424 e. The summed E-state index contributed by atoms with van der Waals surface area (Å²) in [6.07, 6.45) is 3.87. The number of halogens is 2. The highest BCUT2D eigenvalue weighted by atomic mass is 35.5. The summed E-state index contributed by atoms with van der Waals surface area (Å²) in [6, 6.07) is 1.69.